The molecule has 0 unspecified atom stereocenters. The highest BCUT2D eigenvalue weighted by Crippen LogP contribution is 2.12. The lowest BCUT2D eigenvalue weighted by molar-refractivity contribution is 0.241. The van der Waals surface area contributed by atoms with Gasteiger partial charge in [-0.15, -0.1) is 0 Å². The van der Waals surface area contributed by atoms with Crippen LogP contribution in [0.5, 0.6) is 0 Å². The van der Waals surface area contributed by atoms with E-state index in [1.54, 1.807) is 0 Å². The van der Waals surface area contributed by atoms with E-state index in [4.69, 9.17) is 0 Å². The van der Waals surface area contributed by atoms with Crippen molar-refractivity contribution in [2.75, 3.05) is 25.4 Å². The van der Waals surface area contributed by atoms with Gasteiger partial charge in [0.1, 0.15) is 0 Å². The molecule has 0 radical (unpaired) electrons. The number of carbonyl (C=O) groups excluding carboxylic acids is 1. The molecule has 1 heterocycles. The third-order valence-electron chi connectivity index (χ3n) is 3.65. The summed E-state index contributed by atoms with van der Waals surface area (Å²) in [7, 11) is -3.26. The van der Waals surface area contributed by atoms with Crippen LogP contribution in [-0.2, 0) is 16.6 Å². The maximum atomic E-state index is 12.1. The van der Waals surface area contributed by atoms with E-state index < -0.39 is 10.0 Å². The van der Waals surface area contributed by atoms with Gasteiger partial charge in [0.2, 0.25) is 10.0 Å². The van der Waals surface area contributed by atoms with Crippen LogP contribution >= 0.6 is 0 Å². The quantitative estimate of drug-likeness (QED) is 0.827. The molecular formula is C15H23N3O3S. The molecule has 0 bridgehead atoms. The zero-order valence-corrected chi connectivity index (χ0v) is 13.4. The number of amides is 2. The molecular weight excluding hydrogens is 302 g/mol. The number of urea groups is 1. The Hall–Kier alpha value is -1.60. The highest BCUT2D eigenvalue weighted by atomic mass is 32.2. The maximum absolute atomic E-state index is 12.1. The van der Waals surface area contributed by atoms with E-state index in [1.165, 1.54) is 4.31 Å². The van der Waals surface area contributed by atoms with Crippen LogP contribution in [0.15, 0.2) is 30.3 Å². The number of piperidine rings is 1. The van der Waals surface area contributed by atoms with Crippen LogP contribution in [0.2, 0.25) is 0 Å². The first-order valence-electron chi connectivity index (χ1n) is 7.61. The van der Waals surface area contributed by atoms with Crippen molar-refractivity contribution in [1.82, 2.24) is 14.9 Å². The van der Waals surface area contributed by atoms with E-state index in [9.17, 15) is 13.2 Å². The molecule has 0 aromatic heterocycles. The molecule has 1 aromatic rings. The van der Waals surface area contributed by atoms with Crippen molar-refractivity contribution in [2.24, 2.45) is 0 Å². The number of rotatable bonds is 6. The molecule has 2 amide bonds. The molecule has 1 fully saturated rings. The number of benzene rings is 1. The zero-order valence-electron chi connectivity index (χ0n) is 12.6. The van der Waals surface area contributed by atoms with Gasteiger partial charge < -0.3 is 10.6 Å². The molecule has 22 heavy (non-hydrogen) atoms. The van der Waals surface area contributed by atoms with E-state index in [2.05, 4.69) is 10.6 Å². The van der Waals surface area contributed by atoms with Crippen LogP contribution in [0.3, 0.4) is 0 Å². The second-order valence-corrected chi connectivity index (χ2v) is 7.46. The highest BCUT2D eigenvalue weighted by molar-refractivity contribution is 7.89. The molecule has 0 atom stereocenters. The van der Waals surface area contributed by atoms with Crippen molar-refractivity contribution in [3.05, 3.63) is 35.9 Å². The van der Waals surface area contributed by atoms with Gasteiger partial charge in [0.15, 0.2) is 0 Å². The average Bonchev–Trinajstić information content (AvgIpc) is 2.54. The summed E-state index contributed by atoms with van der Waals surface area (Å²) >= 11 is 0. The first kappa shape index (κ1) is 16.8. The minimum atomic E-state index is -3.26. The predicted octanol–water partition coefficient (Wildman–Crippen LogP) is 1.30. The van der Waals surface area contributed by atoms with Crippen LogP contribution in [0.1, 0.15) is 24.8 Å². The van der Waals surface area contributed by atoms with Gasteiger partial charge in [0.25, 0.3) is 0 Å². The van der Waals surface area contributed by atoms with Crippen LogP contribution in [-0.4, -0.2) is 44.1 Å². The van der Waals surface area contributed by atoms with E-state index in [-0.39, 0.29) is 18.3 Å². The van der Waals surface area contributed by atoms with Gasteiger partial charge in [0, 0.05) is 26.2 Å². The topological polar surface area (TPSA) is 78.5 Å². The summed E-state index contributed by atoms with van der Waals surface area (Å²) in [5.74, 6) is -0.0498. The number of sulfonamides is 1. The number of nitrogens with one attached hydrogen (secondary N) is 2. The van der Waals surface area contributed by atoms with Crippen molar-refractivity contribution in [3.8, 4) is 0 Å². The standard InChI is InChI=1S/C15H23N3O3S/c19-15(17-13-14-7-3-1-4-8-14)16-9-12-22(20,21)18-10-5-2-6-11-18/h1,3-4,7-8H,2,5-6,9-13H2,(H2,16,17,19). The van der Waals surface area contributed by atoms with Gasteiger partial charge >= 0.3 is 6.03 Å². The zero-order chi connectivity index (χ0) is 15.8. The van der Waals surface area contributed by atoms with Gasteiger partial charge in [-0.1, -0.05) is 36.8 Å². The normalized spacial score (nSPS) is 16.2. The Balaban J connectivity index is 1.68. The third-order valence-corrected chi connectivity index (χ3v) is 5.52. The fraction of sp³-hybridized carbons (Fsp3) is 0.533. The third kappa shape index (κ3) is 5.31. The molecule has 0 aliphatic carbocycles. The lowest BCUT2D eigenvalue weighted by Gasteiger charge is -2.25. The number of hydrogen-bond acceptors (Lipinski definition) is 3. The van der Waals surface area contributed by atoms with Gasteiger partial charge in [-0.25, -0.2) is 17.5 Å². The summed E-state index contributed by atoms with van der Waals surface area (Å²) < 4.78 is 25.7. The lowest BCUT2D eigenvalue weighted by Crippen LogP contribution is -2.42. The Bertz CT molecular complexity index is 569. The maximum Gasteiger partial charge on any atom is 0.315 e. The van der Waals surface area contributed by atoms with Crippen molar-refractivity contribution in [3.63, 3.8) is 0 Å². The summed E-state index contributed by atoms with van der Waals surface area (Å²) in [6.07, 6.45) is 2.93. The summed E-state index contributed by atoms with van der Waals surface area (Å²) in [6.45, 7) is 1.75. The van der Waals surface area contributed by atoms with Gasteiger partial charge in [-0.3, -0.25) is 0 Å². The number of nitrogens with zero attached hydrogens (tertiary/aromatic N) is 1. The van der Waals surface area contributed by atoms with Gasteiger partial charge in [-0.2, -0.15) is 0 Å². The predicted molar refractivity (Wildman–Crippen MR) is 85.9 cm³/mol. The first-order chi connectivity index (χ1) is 10.6. The van der Waals surface area contributed by atoms with E-state index in [0.717, 1.165) is 24.8 Å². The molecule has 7 heteroatoms. The van der Waals surface area contributed by atoms with Crippen molar-refractivity contribution in [2.45, 2.75) is 25.8 Å². The first-order valence-corrected chi connectivity index (χ1v) is 9.22. The molecule has 1 aliphatic rings. The van der Waals surface area contributed by atoms with Crippen LogP contribution in [0.25, 0.3) is 0 Å². The van der Waals surface area contributed by atoms with Gasteiger partial charge in [-0.05, 0) is 18.4 Å². The van der Waals surface area contributed by atoms with E-state index >= 15 is 0 Å². The summed E-state index contributed by atoms with van der Waals surface area (Å²) in [5.41, 5.74) is 0.999. The van der Waals surface area contributed by atoms with Gasteiger partial charge in [0.05, 0.1) is 5.75 Å². The smallest absolute Gasteiger partial charge is 0.315 e. The number of carbonyl (C=O) groups is 1. The average molecular weight is 325 g/mol. The van der Waals surface area contributed by atoms with Crippen LogP contribution < -0.4 is 10.6 Å². The summed E-state index contributed by atoms with van der Waals surface area (Å²) in [5, 5.41) is 5.30. The monoisotopic (exact) mass is 325 g/mol. The molecule has 1 aliphatic heterocycles. The van der Waals surface area contributed by atoms with Crippen molar-refractivity contribution in [1.29, 1.82) is 0 Å². The second kappa shape index (κ2) is 8.14. The molecule has 1 aromatic carbocycles. The largest absolute Gasteiger partial charge is 0.337 e. The Morgan fingerprint density at radius 2 is 1.73 bits per heavy atom. The summed E-state index contributed by atoms with van der Waals surface area (Å²) in [4.78, 5) is 11.6. The Kier molecular flexibility index (Phi) is 6.21. The molecule has 2 N–H and O–H groups in total. The molecule has 1 saturated heterocycles. The second-order valence-electron chi connectivity index (χ2n) is 5.37. The lowest BCUT2D eigenvalue weighted by atomic mass is 10.2. The number of hydrogen-bond donors (Lipinski definition) is 2. The molecule has 6 nitrogen and oxygen atoms in total. The van der Waals surface area contributed by atoms with E-state index in [1.807, 2.05) is 30.3 Å². The van der Waals surface area contributed by atoms with Crippen molar-refractivity contribution >= 4 is 16.1 Å². The Morgan fingerprint density at radius 1 is 1.05 bits per heavy atom. The molecule has 2 rings (SSSR count). The fourth-order valence-corrected chi connectivity index (χ4v) is 3.84. The highest BCUT2D eigenvalue weighted by Gasteiger charge is 2.23. The van der Waals surface area contributed by atoms with Crippen LogP contribution in [0.4, 0.5) is 4.79 Å². The van der Waals surface area contributed by atoms with E-state index in [0.29, 0.717) is 19.6 Å². The SMILES string of the molecule is O=C(NCCS(=O)(=O)N1CCCCC1)NCc1ccccc1. The molecule has 0 spiro atoms. The minimum absolute atomic E-state index is 0.0498. The van der Waals surface area contributed by atoms with Crippen LogP contribution in [0, 0.1) is 0 Å². The fourth-order valence-electron chi connectivity index (χ4n) is 2.41. The Labute approximate surface area is 131 Å². The summed E-state index contributed by atoms with van der Waals surface area (Å²) in [6, 6.07) is 9.20. The molecule has 122 valence electrons. The minimum Gasteiger partial charge on any atom is -0.337 e. The Morgan fingerprint density at radius 3 is 2.41 bits per heavy atom. The molecule has 0 saturated carbocycles. The van der Waals surface area contributed by atoms with Crippen molar-refractivity contribution < 1.29 is 13.2 Å².